The van der Waals surface area contributed by atoms with Gasteiger partial charge in [-0.25, -0.2) is 8.42 Å². The quantitative estimate of drug-likeness (QED) is 0.671. The van der Waals surface area contributed by atoms with E-state index in [1.54, 1.807) is 28.6 Å². The Bertz CT molecular complexity index is 899. The third-order valence-corrected chi connectivity index (χ3v) is 8.30. The lowest BCUT2D eigenvalue weighted by molar-refractivity contribution is -0.114. The second-order valence-electron chi connectivity index (χ2n) is 8.47. The number of anilines is 1. The molecule has 3 N–H and O–H groups in total. The molecule has 0 bridgehead atoms. The summed E-state index contributed by atoms with van der Waals surface area (Å²) in [6, 6.07) is 6.85. The molecule has 2 aliphatic heterocycles. The zero-order valence-electron chi connectivity index (χ0n) is 17.5. The Labute approximate surface area is 178 Å². The maximum atomic E-state index is 13.1. The summed E-state index contributed by atoms with van der Waals surface area (Å²) in [6.45, 7) is 3.92. The summed E-state index contributed by atoms with van der Waals surface area (Å²) < 4.78 is 27.8. The molecule has 30 heavy (non-hydrogen) atoms. The predicted molar refractivity (Wildman–Crippen MR) is 117 cm³/mol. The number of amides is 1. The zero-order chi connectivity index (χ0) is 21.2. The van der Waals surface area contributed by atoms with Crippen molar-refractivity contribution >= 4 is 27.5 Å². The second-order valence-corrected chi connectivity index (χ2v) is 10.4. The van der Waals surface area contributed by atoms with Crippen LogP contribution in [0.4, 0.5) is 5.69 Å². The lowest BCUT2D eigenvalue weighted by atomic mass is 9.85. The van der Waals surface area contributed by atoms with Crippen LogP contribution < -0.4 is 16.0 Å². The first kappa shape index (κ1) is 21.3. The van der Waals surface area contributed by atoms with Crippen molar-refractivity contribution < 1.29 is 13.2 Å². The Morgan fingerprint density at radius 1 is 1.17 bits per heavy atom. The molecule has 1 spiro atoms. The fourth-order valence-corrected chi connectivity index (χ4v) is 6.17. The summed E-state index contributed by atoms with van der Waals surface area (Å²) in [6.07, 6.45) is 6.30. The number of piperidine rings is 1. The number of benzene rings is 1. The number of sulfonamides is 1. The summed E-state index contributed by atoms with van der Waals surface area (Å²) in [7, 11) is -3.57. The van der Waals surface area contributed by atoms with Gasteiger partial charge in [0.05, 0.1) is 17.0 Å². The third kappa shape index (κ3) is 4.38. The number of hydrogen-bond acceptors (Lipinski definition) is 6. The first-order chi connectivity index (χ1) is 14.4. The highest BCUT2D eigenvalue weighted by atomic mass is 32.2. The van der Waals surface area contributed by atoms with Crippen LogP contribution in [-0.4, -0.2) is 62.2 Å². The fourth-order valence-electron chi connectivity index (χ4n) is 4.73. The highest BCUT2D eigenvalue weighted by molar-refractivity contribution is 7.89. The van der Waals surface area contributed by atoms with Crippen molar-refractivity contribution in [2.24, 2.45) is 4.99 Å². The van der Waals surface area contributed by atoms with Gasteiger partial charge in [-0.3, -0.25) is 9.79 Å². The molecular weight excluding hydrogens is 402 g/mol. The van der Waals surface area contributed by atoms with E-state index in [1.807, 2.05) is 0 Å². The number of carbonyl (C=O) groups is 1. The topological polar surface area (TPSA) is 103 Å². The molecule has 1 saturated heterocycles. The summed E-state index contributed by atoms with van der Waals surface area (Å²) in [5, 5.41) is 9.97. The van der Waals surface area contributed by atoms with Gasteiger partial charge in [-0.2, -0.15) is 4.31 Å². The van der Waals surface area contributed by atoms with E-state index < -0.39 is 10.0 Å². The third-order valence-electron chi connectivity index (χ3n) is 6.38. The molecule has 1 aromatic rings. The molecule has 0 unspecified atom stereocenters. The van der Waals surface area contributed by atoms with Gasteiger partial charge in [-0.05, 0) is 49.9 Å². The first-order valence-corrected chi connectivity index (χ1v) is 12.3. The summed E-state index contributed by atoms with van der Waals surface area (Å²) >= 11 is 0. The predicted octanol–water partition coefficient (Wildman–Crippen LogP) is 1.70. The highest BCUT2D eigenvalue weighted by Crippen LogP contribution is 2.30. The van der Waals surface area contributed by atoms with E-state index >= 15 is 0 Å². The molecule has 2 heterocycles. The van der Waals surface area contributed by atoms with Crippen LogP contribution in [0.25, 0.3) is 0 Å². The molecule has 8 nitrogen and oxygen atoms in total. The largest absolute Gasteiger partial charge is 0.370 e. The molecule has 0 radical (unpaired) electrons. The maximum Gasteiger partial charge on any atom is 0.243 e. The lowest BCUT2D eigenvalue weighted by Gasteiger charge is -2.45. The minimum Gasteiger partial charge on any atom is -0.370 e. The zero-order valence-corrected chi connectivity index (χ0v) is 18.3. The van der Waals surface area contributed by atoms with Crippen LogP contribution in [0.2, 0.25) is 0 Å². The summed E-state index contributed by atoms with van der Waals surface area (Å²) in [5.74, 6) is 0.841. The number of amidine groups is 1. The van der Waals surface area contributed by atoms with Crippen molar-refractivity contribution in [3.63, 3.8) is 0 Å². The van der Waals surface area contributed by atoms with Gasteiger partial charge in [0.2, 0.25) is 15.9 Å². The van der Waals surface area contributed by atoms with Crippen LogP contribution in [0.1, 0.15) is 45.4 Å². The van der Waals surface area contributed by atoms with Gasteiger partial charge in [-0.1, -0.05) is 12.8 Å². The van der Waals surface area contributed by atoms with E-state index in [9.17, 15) is 13.2 Å². The Hall–Kier alpha value is -1.97. The van der Waals surface area contributed by atoms with Crippen molar-refractivity contribution in [1.29, 1.82) is 0 Å². The van der Waals surface area contributed by atoms with Gasteiger partial charge in [0.15, 0.2) is 0 Å². The number of nitrogens with zero attached hydrogens (tertiary/aromatic N) is 2. The summed E-state index contributed by atoms with van der Waals surface area (Å²) in [4.78, 5) is 16.2. The van der Waals surface area contributed by atoms with Crippen molar-refractivity contribution in [2.45, 2.75) is 61.9 Å². The Morgan fingerprint density at radius 3 is 2.47 bits per heavy atom. The standard InChI is InChI=1S/C21H31N5O3S/c1-16(27)24-18-6-8-19(9-7-18)30(28,29)26-14-10-21(11-15-26)20(22-12-13-23-21)25-17-4-2-3-5-17/h6-9,17,23H,2-5,10-15H2,1H3,(H,22,25)(H,24,27). The van der Waals surface area contributed by atoms with Crippen molar-refractivity contribution in [1.82, 2.24) is 14.9 Å². The van der Waals surface area contributed by atoms with Crippen LogP contribution in [0.5, 0.6) is 0 Å². The number of aliphatic imine (C=N–C) groups is 1. The van der Waals surface area contributed by atoms with Crippen molar-refractivity contribution in [3.8, 4) is 0 Å². The Morgan fingerprint density at radius 2 is 1.83 bits per heavy atom. The van der Waals surface area contributed by atoms with Crippen molar-refractivity contribution in [2.75, 3.05) is 31.5 Å². The molecule has 1 aromatic carbocycles. The highest BCUT2D eigenvalue weighted by Gasteiger charge is 2.43. The van der Waals surface area contributed by atoms with E-state index in [1.165, 1.54) is 32.6 Å². The second kappa shape index (κ2) is 8.64. The van der Waals surface area contributed by atoms with Gasteiger partial charge < -0.3 is 16.0 Å². The van der Waals surface area contributed by atoms with Gasteiger partial charge >= 0.3 is 0 Å². The monoisotopic (exact) mass is 433 g/mol. The van der Waals surface area contributed by atoms with E-state index in [-0.39, 0.29) is 16.3 Å². The molecular formula is C21H31N5O3S. The molecule has 3 aliphatic rings. The van der Waals surface area contributed by atoms with E-state index in [4.69, 9.17) is 4.99 Å². The summed E-state index contributed by atoms with van der Waals surface area (Å²) in [5.41, 5.74) is 0.339. The van der Waals surface area contributed by atoms with Crippen LogP contribution in [-0.2, 0) is 14.8 Å². The molecule has 1 aliphatic carbocycles. The molecule has 0 atom stereocenters. The SMILES string of the molecule is CC(=O)Nc1ccc(S(=O)(=O)N2CCC3(CC2)NCCN=C3NC2CCCC2)cc1. The van der Waals surface area contributed by atoms with Gasteiger partial charge in [0.25, 0.3) is 0 Å². The Balaban J connectivity index is 1.44. The molecule has 4 rings (SSSR count). The van der Waals surface area contributed by atoms with Crippen LogP contribution >= 0.6 is 0 Å². The van der Waals surface area contributed by atoms with Crippen LogP contribution in [0.3, 0.4) is 0 Å². The van der Waals surface area contributed by atoms with Gasteiger partial charge in [-0.15, -0.1) is 0 Å². The number of carbonyl (C=O) groups excluding carboxylic acids is 1. The average molecular weight is 434 g/mol. The average Bonchev–Trinajstić information content (AvgIpc) is 3.23. The van der Waals surface area contributed by atoms with Crippen molar-refractivity contribution in [3.05, 3.63) is 24.3 Å². The maximum absolute atomic E-state index is 13.1. The van der Waals surface area contributed by atoms with Gasteiger partial charge in [0.1, 0.15) is 5.84 Å². The number of hydrogen-bond donors (Lipinski definition) is 3. The van der Waals surface area contributed by atoms with Crippen LogP contribution in [0, 0.1) is 0 Å². The molecule has 2 fully saturated rings. The minimum absolute atomic E-state index is 0.185. The fraction of sp³-hybridized carbons (Fsp3) is 0.619. The number of rotatable bonds is 4. The first-order valence-electron chi connectivity index (χ1n) is 10.8. The van der Waals surface area contributed by atoms with Crippen LogP contribution in [0.15, 0.2) is 34.2 Å². The molecule has 0 aromatic heterocycles. The smallest absolute Gasteiger partial charge is 0.243 e. The molecule has 1 amide bonds. The normalized spacial score (nSPS) is 22.6. The van der Waals surface area contributed by atoms with E-state index in [0.717, 1.165) is 18.9 Å². The van der Waals surface area contributed by atoms with E-state index in [2.05, 4.69) is 16.0 Å². The van der Waals surface area contributed by atoms with E-state index in [0.29, 0.717) is 37.7 Å². The molecule has 1 saturated carbocycles. The lowest BCUT2D eigenvalue weighted by Crippen LogP contribution is -2.65. The van der Waals surface area contributed by atoms with Gasteiger partial charge in [0, 0.05) is 38.3 Å². The minimum atomic E-state index is -3.57. The molecule has 164 valence electrons. The number of nitrogens with one attached hydrogen (secondary N) is 3. The Kier molecular flexibility index (Phi) is 6.13. The molecule has 9 heteroatoms.